The highest BCUT2D eigenvalue weighted by Gasteiger charge is 2.17. The number of aryl methyl sites for hydroxylation is 2. The number of benzene rings is 3. The highest BCUT2D eigenvalue weighted by Crippen LogP contribution is 2.29. The van der Waals surface area contributed by atoms with Gasteiger partial charge in [-0.3, -0.25) is 4.79 Å². The molecule has 0 saturated heterocycles. The summed E-state index contributed by atoms with van der Waals surface area (Å²) in [7, 11) is 0. The van der Waals surface area contributed by atoms with Gasteiger partial charge < -0.3 is 8.98 Å². The van der Waals surface area contributed by atoms with Crippen molar-refractivity contribution in [3.05, 3.63) is 116 Å². The number of hydrogen-bond donors (Lipinski definition) is 0. The van der Waals surface area contributed by atoms with E-state index in [2.05, 4.69) is 64.6 Å². The molecular weight excluding hydrogens is 528 g/mol. The van der Waals surface area contributed by atoms with Crippen molar-refractivity contribution in [1.29, 1.82) is 0 Å². The average Bonchev–Trinajstić information content (AvgIpc) is 3.43. The molecule has 0 amide bonds. The van der Waals surface area contributed by atoms with Gasteiger partial charge in [-0.1, -0.05) is 46.3 Å². The fourth-order valence-corrected chi connectivity index (χ4v) is 5.12. The summed E-state index contributed by atoms with van der Waals surface area (Å²) in [5.74, 6) is 0.818. The summed E-state index contributed by atoms with van der Waals surface area (Å²) in [5, 5.41) is 6.06. The van der Waals surface area contributed by atoms with Gasteiger partial charge in [-0.15, -0.1) is 0 Å². The first-order valence-electron chi connectivity index (χ1n) is 11.9. The second-order valence-corrected chi connectivity index (χ2v) is 9.97. The van der Waals surface area contributed by atoms with Gasteiger partial charge in [0, 0.05) is 32.5 Å². The van der Waals surface area contributed by atoms with Crippen LogP contribution >= 0.6 is 15.9 Å². The van der Waals surface area contributed by atoms with E-state index in [4.69, 9.17) is 9.40 Å². The van der Waals surface area contributed by atoms with Gasteiger partial charge in [-0.05, 0) is 74.9 Å². The van der Waals surface area contributed by atoms with Crippen LogP contribution in [0.2, 0.25) is 0 Å². The van der Waals surface area contributed by atoms with E-state index in [-0.39, 0.29) is 5.56 Å². The summed E-state index contributed by atoms with van der Waals surface area (Å²) >= 11 is 3.51. The van der Waals surface area contributed by atoms with Gasteiger partial charge >= 0.3 is 0 Å². The van der Waals surface area contributed by atoms with Crippen LogP contribution < -0.4 is 5.56 Å². The first kappa shape index (κ1) is 23.2. The monoisotopic (exact) mass is 550 g/mol. The minimum atomic E-state index is -0.258. The molecule has 6 rings (SSSR count). The molecule has 0 unspecified atom stereocenters. The smallest absolute Gasteiger partial charge is 0.282 e. The van der Waals surface area contributed by atoms with E-state index in [0.717, 1.165) is 32.5 Å². The van der Waals surface area contributed by atoms with Crippen molar-refractivity contribution in [3.8, 4) is 17.3 Å². The summed E-state index contributed by atoms with van der Waals surface area (Å²) in [6.07, 6.45) is 1.72. The van der Waals surface area contributed by atoms with Crippen LogP contribution in [0.25, 0.3) is 39.1 Å². The van der Waals surface area contributed by atoms with Gasteiger partial charge in [0.05, 0.1) is 17.1 Å². The SMILES string of the molecule is Cc1ccccc1-n1c(C)cc(C=Nn2c(-c3cc4cc(Br)ccc4o3)nc3ccccc3c2=O)c1C. The highest BCUT2D eigenvalue weighted by atomic mass is 79.9. The average molecular weight is 551 g/mol. The second-order valence-electron chi connectivity index (χ2n) is 9.06. The van der Waals surface area contributed by atoms with Crippen LogP contribution in [0, 0.1) is 20.8 Å². The molecule has 6 nitrogen and oxygen atoms in total. The molecule has 7 heteroatoms. The molecule has 0 atom stereocenters. The molecule has 182 valence electrons. The standard InChI is InChI=1S/C30H23BrN4O2/c1-18-8-4-7-11-26(18)34-19(2)14-22(20(34)3)17-32-35-29(33-25-10-6-5-9-24(25)30(35)36)28-16-21-15-23(31)12-13-27(21)37-28/h4-17H,1-3H3. The highest BCUT2D eigenvalue weighted by molar-refractivity contribution is 9.10. The molecule has 0 aliphatic heterocycles. The molecule has 0 fully saturated rings. The molecule has 0 aliphatic rings. The molecule has 0 saturated carbocycles. The zero-order chi connectivity index (χ0) is 25.7. The lowest BCUT2D eigenvalue weighted by atomic mass is 10.2. The summed E-state index contributed by atoms with van der Waals surface area (Å²) in [6.45, 7) is 6.22. The first-order valence-corrected chi connectivity index (χ1v) is 12.7. The molecule has 3 aromatic carbocycles. The van der Waals surface area contributed by atoms with E-state index >= 15 is 0 Å². The van der Waals surface area contributed by atoms with Gasteiger partial charge in [-0.2, -0.15) is 9.78 Å². The molecule has 6 aromatic rings. The molecule has 0 radical (unpaired) electrons. The minimum Gasteiger partial charge on any atom is -0.453 e. The topological polar surface area (TPSA) is 65.3 Å². The summed E-state index contributed by atoms with van der Waals surface area (Å²) in [5.41, 5.74) is 6.38. The van der Waals surface area contributed by atoms with Crippen LogP contribution in [0.1, 0.15) is 22.5 Å². The maximum atomic E-state index is 13.6. The lowest BCUT2D eigenvalue weighted by molar-refractivity contribution is 0.616. The number of hydrogen-bond acceptors (Lipinski definition) is 4. The summed E-state index contributed by atoms with van der Waals surface area (Å²) in [4.78, 5) is 18.4. The van der Waals surface area contributed by atoms with Gasteiger partial charge in [0.25, 0.3) is 5.56 Å². The Kier molecular flexibility index (Phi) is 5.65. The third-order valence-corrected chi connectivity index (χ3v) is 7.08. The van der Waals surface area contributed by atoms with Crippen LogP contribution in [0.5, 0.6) is 0 Å². The van der Waals surface area contributed by atoms with E-state index < -0.39 is 0 Å². The zero-order valence-corrected chi connectivity index (χ0v) is 22.2. The van der Waals surface area contributed by atoms with Crippen molar-refractivity contribution in [2.24, 2.45) is 5.10 Å². The van der Waals surface area contributed by atoms with Crippen LogP contribution in [0.4, 0.5) is 0 Å². The Morgan fingerprint density at radius 3 is 2.57 bits per heavy atom. The van der Waals surface area contributed by atoms with Gasteiger partial charge in [0.15, 0.2) is 5.76 Å². The Bertz CT molecular complexity index is 1910. The van der Waals surface area contributed by atoms with Crippen molar-refractivity contribution in [2.45, 2.75) is 20.8 Å². The Balaban J connectivity index is 1.53. The van der Waals surface area contributed by atoms with Crippen molar-refractivity contribution in [1.82, 2.24) is 14.2 Å². The Morgan fingerprint density at radius 2 is 1.73 bits per heavy atom. The van der Waals surface area contributed by atoms with Crippen LogP contribution in [0.15, 0.2) is 97.6 Å². The number of halogens is 1. The van der Waals surface area contributed by atoms with Gasteiger partial charge in [-0.25, -0.2) is 4.98 Å². The molecule has 3 aromatic heterocycles. The molecule has 37 heavy (non-hydrogen) atoms. The van der Waals surface area contributed by atoms with Crippen LogP contribution in [-0.4, -0.2) is 20.4 Å². The van der Waals surface area contributed by atoms with Crippen molar-refractivity contribution in [2.75, 3.05) is 0 Å². The van der Waals surface area contributed by atoms with E-state index in [9.17, 15) is 4.79 Å². The van der Waals surface area contributed by atoms with E-state index in [1.165, 1.54) is 10.2 Å². The number of rotatable bonds is 4. The Hall–Kier alpha value is -4.23. The lowest BCUT2D eigenvalue weighted by Crippen LogP contribution is -2.20. The largest absolute Gasteiger partial charge is 0.453 e. The van der Waals surface area contributed by atoms with Gasteiger partial charge in [0.2, 0.25) is 5.82 Å². The zero-order valence-electron chi connectivity index (χ0n) is 20.6. The summed E-state index contributed by atoms with van der Waals surface area (Å²) < 4.78 is 10.6. The van der Waals surface area contributed by atoms with Gasteiger partial charge in [0.1, 0.15) is 5.58 Å². The quantitative estimate of drug-likeness (QED) is 0.218. The predicted octanol–water partition coefficient (Wildman–Crippen LogP) is 7.17. The predicted molar refractivity (Wildman–Crippen MR) is 152 cm³/mol. The summed E-state index contributed by atoms with van der Waals surface area (Å²) in [6, 6.07) is 25.3. The maximum absolute atomic E-state index is 13.6. The number of furan rings is 1. The fraction of sp³-hybridized carbons (Fsp3) is 0.100. The number of nitrogens with zero attached hydrogens (tertiary/aromatic N) is 4. The molecule has 0 N–H and O–H groups in total. The third-order valence-electron chi connectivity index (χ3n) is 6.59. The third kappa shape index (κ3) is 4.01. The first-order chi connectivity index (χ1) is 17.9. The number of aromatic nitrogens is 3. The Labute approximate surface area is 221 Å². The normalized spacial score (nSPS) is 11.8. The van der Waals surface area contributed by atoms with Crippen molar-refractivity contribution < 1.29 is 4.42 Å². The van der Waals surface area contributed by atoms with E-state index in [0.29, 0.717) is 28.1 Å². The van der Waals surface area contributed by atoms with E-state index in [1.807, 2.05) is 54.6 Å². The van der Waals surface area contributed by atoms with E-state index in [1.54, 1.807) is 12.3 Å². The molecule has 0 bridgehead atoms. The van der Waals surface area contributed by atoms with Crippen molar-refractivity contribution in [3.63, 3.8) is 0 Å². The molecule has 0 spiro atoms. The number of para-hydroxylation sites is 2. The molecule has 0 aliphatic carbocycles. The fourth-order valence-electron chi connectivity index (χ4n) is 4.74. The molecule has 3 heterocycles. The molecular formula is C30H23BrN4O2. The van der Waals surface area contributed by atoms with Crippen LogP contribution in [0.3, 0.4) is 0 Å². The number of fused-ring (bicyclic) bond motifs is 2. The van der Waals surface area contributed by atoms with Crippen molar-refractivity contribution >= 4 is 44.0 Å². The second kappa shape index (κ2) is 9.01. The minimum absolute atomic E-state index is 0.258. The lowest BCUT2D eigenvalue weighted by Gasteiger charge is -2.12. The maximum Gasteiger partial charge on any atom is 0.282 e. The Morgan fingerprint density at radius 1 is 0.946 bits per heavy atom. The van der Waals surface area contributed by atoms with Crippen LogP contribution in [-0.2, 0) is 0 Å².